The maximum Gasteiger partial charge on any atom is 0.471 e. The van der Waals surface area contributed by atoms with Gasteiger partial charge in [-0.1, -0.05) is 30.3 Å². The number of fused-ring (bicyclic) bond motifs is 1. The summed E-state index contributed by atoms with van der Waals surface area (Å²) in [5.74, 6) is 1.00. The Morgan fingerprint density at radius 1 is 1.20 bits per heavy atom. The largest absolute Gasteiger partial charge is 0.493 e. The number of carbonyl (C=O) groups is 1. The van der Waals surface area contributed by atoms with E-state index in [1.807, 2.05) is 56.3 Å². The fraction of sp³-hybridized carbons (Fsp3) is 0.360. The molecular formula is C25H28N3O6P. The fourth-order valence-corrected chi connectivity index (χ4v) is 5.28. The molecule has 1 saturated carbocycles. The third-order valence-electron chi connectivity index (χ3n) is 7.02. The van der Waals surface area contributed by atoms with E-state index in [9.17, 15) is 9.36 Å². The maximum absolute atomic E-state index is 13.0. The second-order valence-corrected chi connectivity index (χ2v) is 10.6. The Kier molecular flexibility index (Phi) is 6.05. The number of phosphoric acid groups is 1. The molecule has 1 aliphatic heterocycles. The molecule has 184 valence electrons. The summed E-state index contributed by atoms with van der Waals surface area (Å²) < 4.78 is 23.0. The molecule has 0 bridgehead atoms. The summed E-state index contributed by atoms with van der Waals surface area (Å²) in [4.78, 5) is 30.9. The number of nitrogens with zero attached hydrogens (tertiary/aromatic N) is 2. The highest BCUT2D eigenvalue weighted by Crippen LogP contribution is 2.61. The van der Waals surface area contributed by atoms with E-state index in [0.717, 1.165) is 41.0 Å². The van der Waals surface area contributed by atoms with Crippen LogP contribution in [0.1, 0.15) is 42.1 Å². The zero-order valence-electron chi connectivity index (χ0n) is 19.6. The van der Waals surface area contributed by atoms with Crippen molar-refractivity contribution in [2.45, 2.75) is 45.8 Å². The zero-order valence-corrected chi connectivity index (χ0v) is 20.5. The van der Waals surface area contributed by atoms with E-state index >= 15 is 0 Å². The number of para-hydroxylation sites is 1. The van der Waals surface area contributed by atoms with Crippen molar-refractivity contribution in [3.63, 3.8) is 0 Å². The summed E-state index contributed by atoms with van der Waals surface area (Å²) in [5.41, 5.74) is 5.07. The topological polar surface area (TPSA) is 123 Å². The van der Waals surface area contributed by atoms with Crippen LogP contribution in [0, 0.1) is 19.3 Å². The standard InChI is InChI=1S/C25H28N3O6P/c1-16-24(17(2)28(27-16)15-34-35(30,31)32)18-7-9-19(10-8-18)26-23(29)13-21-20-5-3-4-6-22(20)33-14-25(21)11-12-25/h3-10,21H,11-15H2,1-2H3,(H,26,29)(H2,30,31,32). The van der Waals surface area contributed by atoms with Gasteiger partial charge in [-0.2, -0.15) is 5.10 Å². The third-order valence-corrected chi connectivity index (χ3v) is 7.47. The van der Waals surface area contributed by atoms with E-state index in [4.69, 9.17) is 14.5 Å². The summed E-state index contributed by atoms with van der Waals surface area (Å²) >= 11 is 0. The van der Waals surface area contributed by atoms with Crippen LogP contribution in [0.15, 0.2) is 48.5 Å². The molecule has 1 amide bonds. The molecular weight excluding hydrogens is 469 g/mol. The average Bonchev–Trinajstić information content (AvgIpc) is 3.53. The molecule has 1 aliphatic carbocycles. The number of benzene rings is 2. The summed E-state index contributed by atoms with van der Waals surface area (Å²) in [6, 6.07) is 15.5. The number of ether oxygens (including phenoxy) is 1. The lowest BCUT2D eigenvalue weighted by Crippen LogP contribution is -2.30. The van der Waals surface area contributed by atoms with E-state index in [2.05, 4.69) is 21.0 Å². The Labute approximate surface area is 203 Å². The number of nitrogens with one attached hydrogen (secondary N) is 1. The minimum absolute atomic E-state index is 0.0273. The second-order valence-electron chi connectivity index (χ2n) is 9.37. The summed E-state index contributed by atoms with van der Waals surface area (Å²) in [7, 11) is -4.59. The molecule has 1 spiro atoms. The van der Waals surface area contributed by atoms with Crippen molar-refractivity contribution < 1.29 is 28.4 Å². The number of hydrogen-bond donors (Lipinski definition) is 3. The molecule has 1 unspecified atom stereocenters. The molecule has 0 radical (unpaired) electrons. The smallest absolute Gasteiger partial charge is 0.471 e. The SMILES string of the molecule is Cc1nn(COP(=O)(O)O)c(C)c1-c1ccc(NC(=O)CC2c3ccccc3OCC23CC3)cc1. The lowest BCUT2D eigenvalue weighted by molar-refractivity contribution is -0.117. The van der Waals surface area contributed by atoms with Gasteiger partial charge in [-0.3, -0.25) is 9.32 Å². The van der Waals surface area contributed by atoms with Gasteiger partial charge in [-0.05, 0) is 56.0 Å². The highest BCUT2D eigenvalue weighted by Gasteiger charge is 2.53. The fourth-order valence-electron chi connectivity index (χ4n) is 5.02. The van der Waals surface area contributed by atoms with Crippen molar-refractivity contribution in [3.05, 3.63) is 65.5 Å². The van der Waals surface area contributed by atoms with Crippen molar-refractivity contribution in [3.8, 4) is 16.9 Å². The van der Waals surface area contributed by atoms with Crippen molar-refractivity contribution >= 4 is 19.4 Å². The first-order chi connectivity index (χ1) is 16.7. The number of rotatable bonds is 7. The normalized spacial score (nSPS) is 18.1. The number of phosphoric ester groups is 1. The van der Waals surface area contributed by atoms with Crippen LogP contribution in [-0.4, -0.2) is 32.1 Å². The van der Waals surface area contributed by atoms with Gasteiger partial charge in [0.15, 0.2) is 6.73 Å². The molecule has 2 heterocycles. The Morgan fingerprint density at radius 2 is 1.91 bits per heavy atom. The molecule has 3 aromatic rings. The van der Waals surface area contributed by atoms with E-state index < -0.39 is 7.82 Å². The van der Waals surface area contributed by atoms with Gasteiger partial charge in [-0.25, -0.2) is 9.25 Å². The van der Waals surface area contributed by atoms with Crippen LogP contribution in [0.25, 0.3) is 11.1 Å². The minimum Gasteiger partial charge on any atom is -0.493 e. The van der Waals surface area contributed by atoms with Gasteiger partial charge >= 0.3 is 7.82 Å². The first-order valence-electron chi connectivity index (χ1n) is 11.5. The highest BCUT2D eigenvalue weighted by atomic mass is 31.2. The van der Waals surface area contributed by atoms with Crippen molar-refractivity contribution in [1.82, 2.24) is 9.78 Å². The van der Waals surface area contributed by atoms with Gasteiger partial charge in [-0.15, -0.1) is 0 Å². The molecule has 1 aromatic heterocycles. The van der Waals surface area contributed by atoms with Crippen LogP contribution in [0.2, 0.25) is 0 Å². The summed E-state index contributed by atoms with van der Waals surface area (Å²) in [6.07, 6.45) is 2.58. The first kappa shape index (κ1) is 23.8. The quantitative estimate of drug-likeness (QED) is 0.410. The molecule has 10 heteroatoms. The van der Waals surface area contributed by atoms with Crippen LogP contribution >= 0.6 is 7.82 Å². The van der Waals surface area contributed by atoms with Crippen LogP contribution in [0.5, 0.6) is 5.75 Å². The number of amides is 1. The Bertz CT molecular complexity index is 1310. The molecule has 0 saturated heterocycles. The number of aryl methyl sites for hydroxylation is 1. The maximum atomic E-state index is 13.0. The van der Waals surface area contributed by atoms with Crippen molar-refractivity contribution in [2.75, 3.05) is 11.9 Å². The second kappa shape index (κ2) is 8.91. The number of carbonyl (C=O) groups excluding carboxylic acids is 1. The van der Waals surface area contributed by atoms with Crippen molar-refractivity contribution in [1.29, 1.82) is 0 Å². The predicted octanol–water partition coefficient (Wildman–Crippen LogP) is 4.52. The van der Waals surface area contributed by atoms with Gasteiger partial charge in [0.25, 0.3) is 0 Å². The van der Waals surface area contributed by atoms with Gasteiger partial charge in [0, 0.05) is 34.7 Å². The lowest BCUT2D eigenvalue weighted by atomic mass is 9.79. The molecule has 2 aromatic carbocycles. The molecule has 9 nitrogen and oxygen atoms in total. The third kappa shape index (κ3) is 4.90. The monoisotopic (exact) mass is 497 g/mol. The number of aromatic nitrogens is 2. The lowest BCUT2D eigenvalue weighted by Gasteiger charge is -2.33. The predicted molar refractivity (Wildman–Crippen MR) is 130 cm³/mol. The van der Waals surface area contributed by atoms with Gasteiger partial charge in [0.2, 0.25) is 5.91 Å². The molecule has 3 N–H and O–H groups in total. The Balaban J connectivity index is 1.28. The number of anilines is 1. The minimum atomic E-state index is -4.59. The van der Waals surface area contributed by atoms with E-state index in [0.29, 0.717) is 24.4 Å². The summed E-state index contributed by atoms with van der Waals surface area (Å²) in [6.45, 7) is 3.96. The average molecular weight is 497 g/mol. The van der Waals surface area contributed by atoms with Gasteiger partial charge in [0.05, 0.1) is 12.3 Å². The summed E-state index contributed by atoms with van der Waals surface area (Å²) in [5, 5.41) is 7.36. The van der Waals surface area contributed by atoms with Crippen molar-refractivity contribution in [2.24, 2.45) is 5.41 Å². The molecule has 1 fully saturated rings. The van der Waals surface area contributed by atoms with Gasteiger partial charge in [0.1, 0.15) is 5.75 Å². The highest BCUT2D eigenvalue weighted by molar-refractivity contribution is 7.46. The molecule has 5 rings (SSSR count). The Morgan fingerprint density at radius 3 is 2.60 bits per heavy atom. The van der Waals surface area contributed by atoms with Crippen LogP contribution in [-0.2, 0) is 20.6 Å². The zero-order chi connectivity index (χ0) is 24.8. The number of hydrogen-bond acceptors (Lipinski definition) is 5. The first-order valence-corrected chi connectivity index (χ1v) is 13.0. The van der Waals surface area contributed by atoms with E-state index in [1.54, 1.807) is 0 Å². The molecule has 2 aliphatic rings. The Hall–Kier alpha value is -2.97. The van der Waals surface area contributed by atoms with Crippen LogP contribution in [0.4, 0.5) is 5.69 Å². The molecule has 35 heavy (non-hydrogen) atoms. The van der Waals surface area contributed by atoms with E-state index in [1.165, 1.54) is 4.68 Å². The van der Waals surface area contributed by atoms with Gasteiger partial charge < -0.3 is 19.8 Å². The molecule has 1 atom stereocenters. The van der Waals surface area contributed by atoms with E-state index in [-0.39, 0.29) is 24.0 Å². The van der Waals surface area contributed by atoms with Crippen LogP contribution < -0.4 is 10.1 Å². The van der Waals surface area contributed by atoms with Crippen LogP contribution in [0.3, 0.4) is 0 Å².